The van der Waals surface area contributed by atoms with Crippen molar-refractivity contribution in [1.29, 1.82) is 0 Å². The Labute approximate surface area is 189 Å². The normalized spacial score (nSPS) is 14.6. The molecule has 3 rings (SSSR count). The molecular weight excluding hydrogens is 406 g/mol. The zero-order chi connectivity index (χ0) is 23.0. The van der Waals surface area contributed by atoms with Crippen LogP contribution in [0.3, 0.4) is 0 Å². The monoisotopic (exact) mass is 441 g/mol. The lowest BCUT2D eigenvalue weighted by atomic mass is 9.97. The summed E-state index contributed by atoms with van der Waals surface area (Å²) in [5.74, 6) is 0.388. The molecule has 1 atom stereocenters. The van der Waals surface area contributed by atoms with Crippen LogP contribution in [0.2, 0.25) is 0 Å². The van der Waals surface area contributed by atoms with Gasteiger partial charge in [0.15, 0.2) is 0 Å². The number of nitrogens with zero attached hydrogens (tertiary/aromatic N) is 1. The number of rotatable bonds is 12. The zero-order valence-electron chi connectivity index (χ0n) is 19.0. The highest BCUT2D eigenvalue weighted by atomic mass is 16.5. The third-order valence-electron chi connectivity index (χ3n) is 5.64. The molecule has 0 spiro atoms. The van der Waals surface area contributed by atoms with Crippen LogP contribution >= 0.6 is 0 Å². The molecule has 8 heteroatoms. The Balaban J connectivity index is 1.58. The largest absolute Gasteiger partial charge is 0.449 e. The van der Waals surface area contributed by atoms with Gasteiger partial charge < -0.3 is 21.1 Å². The fourth-order valence-electron chi connectivity index (χ4n) is 3.47. The molecular formula is C24H35N5O3. The molecule has 2 amide bonds. The van der Waals surface area contributed by atoms with Crippen molar-refractivity contribution < 1.29 is 14.3 Å². The second-order valence-electron chi connectivity index (χ2n) is 9.14. The molecule has 1 aliphatic carbocycles. The summed E-state index contributed by atoms with van der Waals surface area (Å²) in [6.07, 6.45) is 6.73. The highest BCUT2D eigenvalue weighted by molar-refractivity contribution is 5.85. The van der Waals surface area contributed by atoms with Crippen molar-refractivity contribution in [3.8, 4) is 0 Å². The minimum atomic E-state index is -0.982. The van der Waals surface area contributed by atoms with Crippen LogP contribution in [-0.2, 0) is 22.4 Å². The van der Waals surface area contributed by atoms with E-state index in [1.54, 1.807) is 20.0 Å². The van der Waals surface area contributed by atoms with Crippen molar-refractivity contribution in [1.82, 2.24) is 20.8 Å². The SMILES string of the molecule is CC(C)(N)C(=O)NC(CCCc1ccccc1)c1cn[nH]c1CCOC(=O)NCC1CC1. The number of aromatic nitrogens is 2. The minimum absolute atomic E-state index is 0.218. The fourth-order valence-corrected chi connectivity index (χ4v) is 3.47. The van der Waals surface area contributed by atoms with Crippen molar-refractivity contribution in [2.45, 2.75) is 64.0 Å². The summed E-state index contributed by atoms with van der Waals surface area (Å²) in [4.78, 5) is 24.4. The molecule has 0 radical (unpaired) electrons. The predicted molar refractivity (Wildman–Crippen MR) is 123 cm³/mol. The first-order valence-electron chi connectivity index (χ1n) is 11.4. The third kappa shape index (κ3) is 7.67. The van der Waals surface area contributed by atoms with Crippen LogP contribution in [0.1, 0.15) is 62.4 Å². The number of nitrogens with one attached hydrogen (secondary N) is 3. The lowest BCUT2D eigenvalue weighted by Crippen LogP contribution is -2.50. The van der Waals surface area contributed by atoms with E-state index < -0.39 is 11.6 Å². The Morgan fingerprint density at radius 1 is 1.25 bits per heavy atom. The Morgan fingerprint density at radius 3 is 2.69 bits per heavy atom. The summed E-state index contributed by atoms with van der Waals surface area (Å²) in [7, 11) is 0. The summed E-state index contributed by atoms with van der Waals surface area (Å²) < 4.78 is 5.30. The maximum atomic E-state index is 12.6. The number of alkyl carbamates (subject to hydrolysis) is 1. The van der Waals surface area contributed by atoms with E-state index in [1.807, 2.05) is 18.2 Å². The van der Waals surface area contributed by atoms with Gasteiger partial charge in [-0.15, -0.1) is 0 Å². The molecule has 1 heterocycles. The number of ether oxygens (including phenoxy) is 1. The number of benzene rings is 1. The lowest BCUT2D eigenvalue weighted by molar-refractivity contribution is -0.126. The average molecular weight is 442 g/mol. The third-order valence-corrected chi connectivity index (χ3v) is 5.64. The molecule has 8 nitrogen and oxygen atoms in total. The van der Waals surface area contributed by atoms with Crippen LogP contribution < -0.4 is 16.4 Å². The Hall–Kier alpha value is -2.87. The van der Waals surface area contributed by atoms with Gasteiger partial charge in [0.2, 0.25) is 5.91 Å². The summed E-state index contributed by atoms with van der Waals surface area (Å²) in [5.41, 5.74) is 8.03. The quantitative estimate of drug-likeness (QED) is 0.403. The van der Waals surface area contributed by atoms with Crippen LogP contribution in [0.25, 0.3) is 0 Å². The first-order valence-corrected chi connectivity index (χ1v) is 11.4. The van der Waals surface area contributed by atoms with E-state index in [0.717, 1.165) is 30.5 Å². The second kappa shape index (κ2) is 11.1. The summed E-state index contributed by atoms with van der Waals surface area (Å²) >= 11 is 0. The molecule has 1 aliphatic rings. The molecule has 5 N–H and O–H groups in total. The highest BCUT2D eigenvalue weighted by Crippen LogP contribution is 2.27. The summed E-state index contributed by atoms with van der Waals surface area (Å²) in [5, 5.41) is 13.0. The van der Waals surface area contributed by atoms with E-state index in [9.17, 15) is 9.59 Å². The second-order valence-corrected chi connectivity index (χ2v) is 9.14. The molecule has 1 fully saturated rings. The van der Waals surface area contributed by atoms with Crippen LogP contribution in [-0.4, -0.2) is 40.9 Å². The van der Waals surface area contributed by atoms with E-state index >= 15 is 0 Å². The van der Waals surface area contributed by atoms with Crippen molar-refractivity contribution in [2.75, 3.05) is 13.2 Å². The number of nitrogens with two attached hydrogens (primary N) is 1. The number of amides is 2. The zero-order valence-corrected chi connectivity index (χ0v) is 19.0. The van der Waals surface area contributed by atoms with Gasteiger partial charge in [0.05, 0.1) is 24.4 Å². The number of hydrogen-bond acceptors (Lipinski definition) is 5. The van der Waals surface area contributed by atoms with Crippen LogP contribution in [0.5, 0.6) is 0 Å². The number of hydrogen-bond donors (Lipinski definition) is 4. The molecule has 2 aromatic rings. The van der Waals surface area contributed by atoms with Crippen LogP contribution in [0, 0.1) is 5.92 Å². The van der Waals surface area contributed by atoms with Gasteiger partial charge >= 0.3 is 6.09 Å². The fraction of sp³-hybridized carbons (Fsp3) is 0.542. The molecule has 0 saturated heterocycles. The Morgan fingerprint density at radius 2 is 2.00 bits per heavy atom. The van der Waals surface area contributed by atoms with Gasteiger partial charge in [-0.25, -0.2) is 4.79 Å². The molecule has 0 aliphatic heterocycles. The van der Waals surface area contributed by atoms with Gasteiger partial charge in [-0.1, -0.05) is 30.3 Å². The van der Waals surface area contributed by atoms with Gasteiger partial charge in [0, 0.05) is 24.2 Å². The lowest BCUT2D eigenvalue weighted by Gasteiger charge is -2.24. The molecule has 1 unspecified atom stereocenters. The van der Waals surface area contributed by atoms with Gasteiger partial charge in [-0.05, 0) is 57.4 Å². The maximum absolute atomic E-state index is 12.6. The van der Waals surface area contributed by atoms with E-state index in [4.69, 9.17) is 10.5 Å². The first kappa shape index (κ1) is 23.8. The smallest absolute Gasteiger partial charge is 0.407 e. The van der Waals surface area contributed by atoms with Crippen molar-refractivity contribution >= 4 is 12.0 Å². The summed E-state index contributed by atoms with van der Waals surface area (Å²) in [6, 6.07) is 10.0. The van der Waals surface area contributed by atoms with Crippen molar-refractivity contribution in [3.63, 3.8) is 0 Å². The molecule has 1 saturated carbocycles. The Bertz CT molecular complexity index is 871. The molecule has 174 valence electrons. The van der Waals surface area contributed by atoms with Crippen molar-refractivity contribution in [2.24, 2.45) is 11.7 Å². The topological polar surface area (TPSA) is 122 Å². The number of H-pyrrole nitrogens is 1. The van der Waals surface area contributed by atoms with Crippen molar-refractivity contribution in [3.05, 3.63) is 53.3 Å². The number of carbonyl (C=O) groups excluding carboxylic acids is 2. The molecule has 32 heavy (non-hydrogen) atoms. The number of carbonyl (C=O) groups is 2. The van der Waals surface area contributed by atoms with E-state index in [-0.39, 0.29) is 18.6 Å². The molecule has 1 aromatic heterocycles. The average Bonchev–Trinajstić information content (AvgIpc) is 3.48. The highest BCUT2D eigenvalue weighted by Gasteiger charge is 2.27. The van der Waals surface area contributed by atoms with Gasteiger partial charge in [0.1, 0.15) is 0 Å². The van der Waals surface area contributed by atoms with Crippen LogP contribution in [0.15, 0.2) is 36.5 Å². The summed E-state index contributed by atoms with van der Waals surface area (Å²) in [6.45, 7) is 4.29. The Kier molecular flexibility index (Phi) is 8.27. The molecule has 1 aromatic carbocycles. The predicted octanol–water partition coefficient (Wildman–Crippen LogP) is 3.01. The maximum Gasteiger partial charge on any atom is 0.407 e. The van der Waals surface area contributed by atoms with E-state index in [0.29, 0.717) is 18.9 Å². The van der Waals surface area contributed by atoms with E-state index in [1.165, 1.54) is 18.4 Å². The van der Waals surface area contributed by atoms with Gasteiger partial charge in [0.25, 0.3) is 0 Å². The van der Waals surface area contributed by atoms with Crippen LogP contribution in [0.4, 0.5) is 4.79 Å². The van der Waals surface area contributed by atoms with E-state index in [2.05, 4.69) is 33.0 Å². The first-order chi connectivity index (χ1) is 15.3. The molecule has 0 bridgehead atoms. The van der Waals surface area contributed by atoms with Gasteiger partial charge in [-0.2, -0.15) is 5.10 Å². The number of aryl methyl sites for hydroxylation is 1. The standard InChI is InChI=1S/C24H35N5O3/c1-24(2,25)22(30)28-20(10-6-9-17-7-4-3-5-8-17)19-16-27-29-21(19)13-14-32-23(31)26-15-18-11-12-18/h3-5,7-8,16,18,20H,6,9-15,25H2,1-2H3,(H,26,31)(H,27,29)(H,28,30). The van der Waals surface area contributed by atoms with Gasteiger partial charge in [-0.3, -0.25) is 9.89 Å². The number of aromatic amines is 1. The minimum Gasteiger partial charge on any atom is -0.449 e.